The largest absolute Gasteiger partial charge is 0.508 e. The molecular formula is C89H118Cl2N18O22S. The first-order valence-corrected chi connectivity index (χ1v) is 43.8. The van der Waals surface area contributed by atoms with Gasteiger partial charge in [-0.25, -0.2) is 4.79 Å². The van der Waals surface area contributed by atoms with Gasteiger partial charge >= 0.3 is 11.9 Å². The van der Waals surface area contributed by atoms with E-state index in [-0.39, 0.29) is 111 Å². The Hall–Kier alpha value is -13.3. The molecule has 0 saturated carbocycles. The number of carboxylic acid groups (broad SMARTS) is 2. The quantitative estimate of drug-likeness (QED) is 0.00855. The number of nitrogens with two attached hydrogens (primary N) is 3. The smallest absolute Gasteiger partial charge is 0.336 e. The SMILES string of the molecule is CC[C@H](C)[C@H](NC(=O)[C@@H](NC(=O)c1cccc(Cl)c1Cl)C(C)(C)C)C(=O)N[C@H](C(=O)N[C@H](C(=O)N[C@H](C(=O)N[C@@H](CC(=O)O)C(=O)N[C@@H](CCC(N)=O)C(=O)N[C@@H](Cc1ccc(O)cc1)C(=O)N[C@@H](CCCNC(=N)N)C(=O)NCCC(=O)N[C@@H](CCCCNC(=S)Nc1ccc(-c2c3ccc(=O)cc-3oc3cc(O)ccc23)c(C(=O)O)c1)C(N)=O)[C@@H](C)O)[C@@H](C)CC)C(C)(C)C. The Morgan fingerprint density at radius 2 is 1.05 bits per heavy atom. The lowest BCUT2D eigenvalue weighted by Crippen LogP contribution is -2.64. The number of thiocarbonyl (C=S) groups is 1. The van der Waals surface area contributed by atoms with Gasteiger partial charge in [-0.3, -0.25) is 77.3 Å². The van der Waals surface area contributed by atoms with Crippen molar-refractivity contribution in [3.05, 3.63) is 134 Å². The summed E-state index contributed by atoms with van der Waals surface area (Å²) < 4.78 is 5.92. The maximum Gasteiger partial charge on any atom is 0.336 e. The highest BCUT2D eigenvalue weighted by molar-refractivity contribution is 7.80. The Labute approximate surface area is 776 Å². The van der Waals surface area contributed by atoms with E-state index in [0.29, 0.717) is 41.5 Å². The lowest BCUT2D eigenvalue weighted by Gasteiger charge is -2.36. The highest BCUT2D eigenvalue weighted by Crippen LogP contribution is 2.43. The molecule has 40 nitrogen and oxygen atoms in total. The summed E-state index contributed by atoms with van der Waals surface area (Å²) in [6.07, 6.45) is -4.09. The van der Waals surface area contributed by atoms with E-state index in [1.54, 1.807) is 87.4 Å². The van der Waals surface area contributed by atoms with Gasteiger partial charge in [0.1, 0.15) is 83.3 Å². The number of unbranched alkanes of at least 4 members (excludes halogenated alkanes) is 1. The molecule has 2 aliphatic rings. The van der Waals surface area contributed by atoms with Crippen LogP contribution >= 0.6 is 35.4 Å². The summed E-state index contributed by atoms with van der Waals surface area (Å²) in [5.41, 5.74) is 16.1. The third-order valence-electron chi connectivity index (χ3n) is 21.6. The fourth-order valence-corrected chi connectivity index (χ4v) is 14.5. The van der Waals surface area contributed by atoms with Crippen LogP contribution in [0, 0.1) is 28.1 Å². The summed E-state index contributed by atoms with van der Waals surface area (Å²) >= 11 is 18.0. The summed E-state index contributed by atoms with van der Waals surface area (Å²) in [6.45, 7) is 17.5. The Morgan fingerprint density at radius 1 is 0.515 bits per heavy atom. The molecule has 0 spiro atoms. The molecule has 0 unspecified atom stereocenters. The average Bonchev–Trinajstić information content (AvgIpc) is 0.745. The van der Waals surface area contributed by atoms with Crippen molar-refractivity contribution >= 4 is 152 Å². The van der Waals surface area contributed by atoms with Crippen LogP contribution in [0.15, 0.2) is 106 Å². The number of halogens is 2. The van der Waals surface area contributed by atoms with Gasteiger partial charge in [0.15, 0.2) is 16.5 Å². The van der Waals surface area contributed by atoms with Crippen LogP contribution in [-0.2, 0) is 68.7 Å². The van der Waals surface area contributed by atoms with E-state index in [1.807, 2.05) is 0 Å². The summed E-state index contributed by atoms with van der Waals surface area (Å²) in [5.74, 6) is -17.8. The molecule has 0 bridgehead atoms. The number of aliphatic carboxylic acids is 1. The summed E-state index contributed by atoms with van der Waals surface area (Å²) in [4.78, 5) is 220. The zero-order valence-corrected chi connectivity index (χ0v) is 77.3. The molecule has 0 radical (unpaired) electrons. The first-order chi connectivity index (χ1) is 61.9. The Morgan fingerprint density at radius 3 is 1.63 bits per heavy atom. The number of rotatable bonds is 48. The molecule has 1 aliphatic carbocycles. The molecule has 13 amide bonds. The van der Waals surface area contributed by atoms with Gasteiger partial charge in [-0.15, -0.1) is 0 Å². The third-order valence-corrected chi connectivity index (χ3v) is 22.7. The van der Waals surface area contributed by atoms with E-state index in [4.69, 9.17) is 62.4 Å². The molecule has 26 N–H and O–H groups in total. The Kier molecular flexibility index (Phi) is 40.4. The minimum atomic E-state index is -2.16. The molecule has 716 valence electrons. The van der Waals surface area contributed by atoms with Gasteiger partial charge in [-0.2, -0.15) is 0 Å². The molecule has 13 atom stereocenters. The van der Waals surface area contributed by atoms with Crippen LogP contribution in [0.25, 0.3) is 33.4 Å². The molecule has 0 saturated heterocycles. The number of carbonyl (C=O) groups excluding carboxylic acids is 13. The fraction of sp³-hybridized carbons (Fsp3) is 0.461. The Balaban J connectivity index is 1.11. The minimum Gasteiger partial charge on any atom is -0.508 e. The van der Waals surface area contributed by atoms with Crippen molar-refractivity contribution in [3.8, 4) is 33.9 Å². The van der Waals surface area contributed by atoms with Gasteiger partial charge in [0.25, 0.3) is 5.91 Å². The number of aromatic carboxylic acids is 1. The van der Waals surface area contributed by atoms with Crippen molar-refractivity contribution in [2.24, 2.45) is 39.9 Å². The number of fused-ring (bicyclic) bond motifs is 2. The number of aromatic hydroxyl groups is 2. The maximum atomic E-state index is 14.7. The molecule has 6 rings (SSSR count). The van der Waals surface area contributed by atoms with Crippen molar-refractivity contribution in [2.45, 2.75) is 220 Å². The van der Waals surface area contributed by atoms with Crippen molar-refractivity contribution in [2.75, 3.05) is 25.0 Å². The number of primary amides is 2. The molecule has 1 aliphatic heterocycles. The fourth-order valence-electron chi connectivity index (χ4n) is 13.9. The number of carbonyl (C=O) groups is 15. The number of phenolic OH excluding ortho intramolecular Hbond substituents is 2. The van der Waals surface area contributed by atoms with Crippen molar-refractivity contribution in [1.82, 2.24) is 69.1 Å². The van der Waals surface area contributed by atoms with E-state index >= 15 is 0 Å². The second-order valence-electron chi connectivity index (χ2n) is 34.2. The van der Waals surface area contributed by atoms with Crippen LogP contribution in [-0.4, -0.2) is 211 Å². The molecule has 4 aromatic carbocycles. The van der Waals surface area contributed by atoms with Gasteiger partial charge in [-0.05, 0) is 152 Å². The number of guanidine groups is 1. The van der Waals surface area contributed by atoms with Crippen LogP contribution in [0.2, 0.25) is 10.0 Å². The van der Waals surface area contributed by atoms with Crippen molar-refractivity contribution in [3.63, 3.8) is 0 Å². The molecule has 43 heteroatoms. The number of hydrogen-bond acceptors (Lipinski definition) is 22. The van der Waals surface area contributed by atoms with E-state index in [0.717, 1.165) is 6.92 Å². The average molecular weight is 1900 g/mol. The predicted molar refractivity (Wildman–Crippen MR) is 494 cm³/mol. The number of carboxylic acids is 2. The van der Waals surface area contributed by atoms with Gasteiger partial charge in [0.2, 0.25) is 70.9 Å². The van der Waals surface area contributed by atoms with Gasteiger partial charge in [0.05, 0.1) is 33.7 Å². The van der Waals surface area contributed by atoms with Gasteiger partial charge in [0, 0.05) is 73.2 Å². The molecule has 4 aromatic rings. The number of phenols is 2. The van der Waals surface area contributed by atoms with Crippen molar-refractivity contribution < 1.29 is 102 Å². The van der Waals surface area contributed by atoms with Gasteiger partial charge < -0.3 is 122 Å². The summed E-state index contributed by atoms with van der Waals surface area (Å²) in [7, 11) is 0. The molecule has 132 heavy (non-hydrogen) atoms. The van der Waals surface area contributed by atoms with Crippen LogP contribution in [0.4, 0.5) is 5.69 Å². The molecular weight excluding hydrogens is 1780 g/mol. The van der Waals surface area contributed by atoms with E-state index in [2.05, 4.69) is 74.4 Å². The molecule has 0 aromatic heterocycles. The first kappa shape index (κ1) is 107. The molecule has 0 fully saturated rings. The summed E-state index contributed by atoms with van der Waals surface area (Å²) in [5, 5.41) is 96.8. The van der Waals surface area contributed by atoms with E-state index in [1.165, 1.54) is 78.9 Å². The second-order valence-corrected chi connectivity index (χ2v) is 35.4. The maximum absolute atomic E-state index is 14.7. The van der Waals surface area contributed by atoms with Crippen LogP contribution in [0.5, 0.6) is 11.5 Å². The van der Waals surface area contributed by atoms with Crippen LogP contribution in [0.3, 0.4) is 0 Å². The lowest BCUT2D eigenvalue weighted by molar-refractivity contribution is -0.142. The predicted octanol–water partition coefficient (Wildman–Crippen LogP) is 3.40. The Bertz CT molecular complexity index is 5260. The first-order valence-electron chi connectivity index (χ1n) is 42.6. The monoisotopic (exact) mass is 1890 g/mol. The number of hydrogen-bond donors (Lipinski definition) is 23. The van der Waals surface area contributed by atoms with Crippen LogP contribution < -0.4 is 97.1 Å². The van der Waals surface area contributed by atoms with Crippen molar-refractivity contribution in [1.29, 1.82) is 5.41 Å². The number of aliphatic hydroxyl groups is 1. The zero-order valence-electron chi connectivity index (χ0n) is 74.9. The molecule has 1 heterocycles. The second kappa shape index (κ2) is 49.7. The topological polar surface area (TPSA) is 658 Å². The summed E-state index contributed by atoms with van der Waals surface area (Å²) in [6, 6.07) is 6.56. The number of anilines is 1. The van der Waals surface area contributed by atoms with Crippen LogP contribution in [0.1, 0.15) is 173 Å². The highest BCUT2D eigenvalue weighted by atomic mass is 35.5. The number of benzene rings is 5. The number of amides is 13. The third kappa shape index (κ3) is 32.4. The highest BCUT2D eigenvalue weighted by Gasteiger charge is 2.43. The lowest BCUT2D eigenvalue weighted by atomic mass is 9.84. The van der Waals surface area contributed by atoms with E-state index in [9.17, 15) is 102 Å². The normalized spacial score (nSPS) is 14.3. The number of aliphatic hydroxyl groups excluding tert-OH is 1. The van der Waals surface area contributed by atoms with E-state index < -0.39 is 216 Å². The minimum absolute atomic E-state index is 0.00351. The number of nitrogens with one attached hydrogen (secondary N) is 15. The zero-order chi connectivity index (χ0) is 98.5. The van der Waals surface area contributed by atoms with Gasteiger partial charge in [-0.1, -0.05) is 130 Å². The standard InChI is InChI=1S/C89H118Cl2N18O22S/c1-12-43(3)69(105-84(128)73(89(9,10)11)109-81(125)70(44(4)13-2)106-83(127)72(88(6,7)8)108-75(119)54-18-16-19-56(90)68(54)91)80(124)107-71(45(5)110)82(126)104-61(42-66(116)117)79(123)102-59(32-33-64(92)114)77(121)103-60(38-46-22-25-48(111)26-23-46)78(122)101-58(21-17-36-97-86(94)95)76(120)96-37-34-65(115)100-57(74(93)118)20-14-15-35-98-87(132)99-47-24-29-51(55(39-47)85(129)130)67-52-30-27-49(112)40-62(52)131-63-41-50(113)28-31-53(63)67/h16,18-19,22-31,39-41,43-45,57-61,69-73,110-112H,12-15,17,20-21,32-38,42H2,1-11H3,(H2,92,114)(H2,93,118)(H,96,120)(H,100,115)(H,101,122)(H,102,123)(H,103,121)(H,104,126)(H,105,128)(H,106,127)(H,107,124)(H,108,119)(H,109,125)(H,116,117)(H,129,130)(H4,94,95,97)(H2,98,99,132)/t43-,44-,45+,57-,58-,59-,60-,61-,69-,70-,71-,72+,73+/m0/s1.